The molecule has 4 saturated carbocycles. The zero-order chi connectivity index (χ0) is 46.6. The Bertz CT molecular complexity index is 2120. The molecule has 8 atom stereocenters. The lowest BCUT2D eigenvalue weighted by Crippen LogP contribution is -2.34. The molecule has 0 spiro atoms. The molecule has 4 aliphatic carbocycles. The first-order valence-electron chi connectivity index (χ1n) is 17.3. The first-order chi connectivity index (χ1) is 28.0. The van der Waals surface area contributed by atoms with Gasteiger partial charge in [-0.1, -0.05) is 116 Å². The van der Waals surface area contributed by atoms with Crippen LogP contribution < -0.4 is 0 Å². The lowest BCUT2D eigenvalue weighted by molar-refractivity contribution is -0.155. The second-order valence-electron chi connectivity index (χ2n) is 13.3. The SMILES string of the molecule is C.C.C.CCOC(=O)[C@@]1(F)[C@@H]2C[C@@H](O)C(=O)[C@@H]21.CCOC(=O)[C@@]1(F)[C@@H]2C[C@@H](OCc3ccc(Cl)c(Cl)c3)C(=O)[C@@H]21.N=C(OCc1ccc(Cl)c(Cl)c1)C(Cl)(Cl)Cl.O=S(=O)(O)C(F)(F)F. The Morgan fingerprint density at radius 2 is 1.14 bits per heavy atom. The molecule has 6 rings (SSSR count). The maximum Gasteiger partial charge on any atom is 0.522 e. The van der Waals surface area contributed by atoms with Gasteiger partial charge in [0, 0.05) is 11.8 Å². The fourth-order valence-electron chi connectivity index (χ4n) is 6.27. The summed E-state index contributed by atoms with van der Waals surface area (Å²) in [5.41, 5.74) is -8.34. The van der Waals surface area contributed by atoms with Gasteiger partial charge >= 0.3 is 27.6 Å². The quantitative estimate of drug-likeness (QED) is 0.0408. The molecule has 4 fully saturated rings. The van der Waals surface area contributed by atoms with Crippen molar-refractivity contribution in [2.45, 2.75) is 95.0 Å². The normalized spacial score (nSPS) is 25.8. The highest BCUT2D eigenvalue weighted by Crippen LogP contribution is 2.63. The molecule has 0 heterocycles. The number of alkyl halides is 8. The number of aliphatic hydroxyl groups is 1. The minimum atomic E-state index is -5.84. The molecule has 2 aromatic carbocycles. The van der Waals surface area contributed by atoms with Gasteiger partial charge in [0.05, 0.1) is 51.7 Å². The van der Waals surface area contributed by atoms with Gasteiger partial charge in [0.15, 0.2) is 11.6 Å². The molecular weight excluding hydrogens is 1040 g/mol. The summed E-state index contributed by atoms with van der Waals surface area (Å²) in [6.07, 6.45) is -1.56. The van der Waals surface area contributed by atoms with E-state index in [-0.39, 0.29) is 67.3 Å². The third kappa shape index (κ3) is 14.6. The highest BCUT2D eigenvalue weighted by Gasteiger charge is 2.80. The van der Waals surface area contributed by atoms with E-state index in [0.717, 1.165) is 11.1 Å². The topological polar surface area (TPSA) is 204 Å². The van der Waals surface area contributed by atoms with Crippen LogP contribution in [0.4, 0.5) is 22.0 Å². The average molecular weight is 1080 g/mol. The molecule has 0 radical (unpaired) electrons. The van der Waals surface area contributed by atoms with Crippen molar-refractivity contribution in [3.63, 3.8) is 0 Å². The molecule has 64 heavy (non-hydrogen) atoms. The van der Waals surface area contributed by atoms with Crippen LogP contribution >= 0.6 is 81.2 Å². The standard InChI is InChI=1S/C16H15Cl2FO4.C9H6Cl5NO.C9H11FO4.CHF3O3S.3CH4/c1-2-22-15(21)16(19)9-6-12(14(20)13(9)16)23-7-8-3-4-10(17)11(18)5-8;10-6-2-1-5(3-7(6)11)4-16-8(15)9(12,13)14;1-2-14-8(13)9(10)4-3-5(11)7(12)6(4)9;2-1(3,4)8(5,6)7;;;/h3-5,9,12-13H,2,6-7H2,1H3;1-3,15H,4H2;4-6,11H,2-3H2,1H3;(H,5,6,7);3*1H4/t9-,12-,13-,16-;;4-,5-,6-,9-;;;;/m1.1..../s1. The molecule has 0 aliphatic heterocycles. The number of Topliss-reactive ketones (excluding diaryl/α,β-unsaturated/α-hetero) is 2. The molecule has 13 nitrogen and oxygen atoms in total. The van der Waals surface area contributed by atoms with Gasteiger partial charge < -0.3 is 24.1 Å². The summed E-state index contributed by atoms with van der Waals surface area (Å²) in [4.78, 5) is 46.2. The van der Waals surface area contributed by atoms with Crippen molar-refractivity contribution in [2.75, 3.05) is 13.2 Å². The first-order valence-corrected chi connectivity index (χ1v) is 21.4. The zero-order valence-corrected chi connectivity index (χ0v) is 37.2. The van der Waals surface area contributed by atoms with E-state index in [2.05, 4.69) is 4.74 Å². The summed E-state index contributed by atoms with van der Waals surface area (Å²) >= 11 is 39.6. The van der Waals surface area contributed by atoms with Gasteiger partial charge in [0.2, 0.25) is 17.2 Å². The largest absolute Gasteiger partial charge is 0.522 e. The first kappa shape index (κ1) is 61.7. The summed E-state index contributed by atoms with van der Waals surface area (Å²) in [6.45, 7) is 3.63. The molecule has 0 saturated heterocycles. The van der Waals surface area contributed by atoms with E-state index in [1.165, 1.54) is 0 Å². The van der Waals surface area contributed by atoms with E-state index in [9.17, 15) is 41.1 Å². The molecule has 0 amide bonds. The van der Waals surface area contributed by atoms with Crippen LogP contribution in [0.2, 0.25) is 20.1 Å². The smallest absolute Gasteiger partial charge is 0.473 e. The number of benzene rings is 2. The highest BCUT2D eigenvalue weighted by molar-refractivity contribution is 7.86. The van der Waals surface area contributed by atoms with Gasteiger partial charge in [-0.2, -0.15) is 21.6 Å². The van der Waals surface area contributed by atoms with Crippen LogP contribution in [0.5, 0.6) is 0 Å². The van der Waals surface area contributed by atoms with Gasteiger partial charge in [0.1, 0.15) is 18.8 Å². The van der Waals surface area contributed by atoms with Crippen molar-refractivity contribution in [1.82, 2.24) is 0 Å². The Labute approximate surface area is 401 Å². The van der Waals surface area contributed by atoms with Crippen LogP contribution in [0.1, 0.15) is 60.1 Å². The number of carbonyl (C=O) groups excluding carboxylic acids is 4. The number of halogens is 12. The third-order valence-corrected chi connectivity index (χ3v) is 11.9. The minimum absolute atomic E-state index is 0. The van der Waals surface area contributed by atoms with Crippen molar-refractivity contribution in [3.05, 3.63) is 67.6 Å². The molecule has 26 heteroatoms. The number of hydrogen-bond acceptors (Lipinski definition) is 12. The van der Waals surface area contributed by atoms with Crippen LogP contribution in [0.3, 0.4) is 0 Å². The maximum atomic E-state index is 14.5. The third-order valence-electron chi connectivity index (χ3n) is 9.30. The number of fused-ring (bicyclic) bond motifs is 2. The number of nitrogens with one attached hydrogen (secondary N) is 1. The predicted molar refractivity (Wildman–Crippen MR) is 232 cm³/mol. The lowest BCUT2D eigenvalue weighted by atomic mass is 10.1. The van der Waals surface area contributed by atoms with Gasteiger partial charge in [-0.3, -0.25) is 19.6 Å². The molecular formula is C38H45Cl7F5NO12S. The number of aliphatic hydroxyl groups excluding tert-OH is 1. The van der Waals surface area contributed by atoms with E-state index < -0.39 is 90.3 Å². The van der Waals surface area contributed by atoms with E-state index in [1.807, 2.05) is 0 Å². The fraction of sp³-hybridized carbons (Fsp3) is 0.553. The summed E-state index contributed by atoms with van der Waals surface area (Å²) < 4.78 is 104. The summed E-state index contributed by atoms with van der Waals surface area (Å²) in [5.74, 6) is -6.46. The molecule has 2 aromatic rings. The van der Waals surface area contributed by atoms with E-state index >= 15 is 0 Å². The Kier molecular flexibility index (Phi) is 23.3. The molecule has 3 N–H and O–H groups in total. The number of ether oxygens (including phenoxy) is 4. The maximum absolute atomic E-state index is 14.5. The lowest BCUT2D eigenvalue weighted by Gasteiger charge is -2.17. The second-order valence-corrected chi connectivity index (χ2v) is 18.6. The van der Waals surface area contributed by atoms with Crippen LogP contribution in [-0.2, 0) is 61.5 Å². The fourth-order valence-corrected chi connectivity index (χ4v) is 7.07. The van der Waals surface area contributed by atoms with Crippen molar-refractivity contribution in [1.29, 1.82) is 5.41 Å². The average Bonchev–Trinajstić information content (AvgIpc) is 3.83. The Balaban J connectivity index is 0.000000862. The second kappa shape index (κ2) is 24.1. The monoisotopic (exact) mass is 1080 g/mol. The number of ketones is 2. The molecule has 0 bridgehead atoms. The molecule has 0 aromatic heterocycles. The van der Waals surface area contributed by atoms with Crippen molar-refractivity contribution >= 4 is 121 Å². The molecule has 0 unspecified atom stereocenters. The summed E-state index contributed by atoms with van der Waals surface area (Å²) in [5, 5.41) is 18.1. The van der Waals surface area contributed by atoms with Crippen molar-refractivity contribution in [3.8, 4) is 0 Å². The van der Waals surface area contributed by atoms with E-state index in [0.29, 0.717) is 20.1 Å². The van der Waals surface area contributed by atoms with Crippen molar-refractivity contribution in [2.24, 2.45) is 23.7 Å². The highest BCUT2D eigenvalue weighted by atomic mass is 35.6. The number of carbonyl (C=O) groups is 4. The van der Waals surface area contributed by atoms with E-state index in [1.54, 1.807) is 50.2 Å². The minimum Gasteiger partial charge on any atom is -0.473 e. The number of hydrogen-bond donors (Lipinski definition) is 3. The summed E-state index contributed by atoms with van der Waals surface area (Å²) in [7, 11) is -5.84. The predicted octanol–water partition coefficient (Wildman–Crippen LogP) is 10.4. The Morgan fingerprint density at radius 3 is 1.45 bits per heavy atom. The zero-order valence-electron chi connectivity index (χ0n) is 31.1. The van der Waals surface area contributed by atoms with Gasteiger partial charge in [-0.05, 0) is 62.1 Å². The van der Waals surface area contributed by atoms with Crippen LogP contribution in [0.25, 0.3) is 0 Å². The Hall–Kier alpha value is -2.30. The van der Waals surface area contributed by atoms with Gasteiger partial charge in [-0.15, -0.1) is 0 Å². The number of esters is 2. The summed E-state index contributed by atoms with van der Waals surface area (Å²) in [6, 6.07) is 10.00. The molecule has 4 aliphatic rings. The van der Waals surface area contributed by atoms with Gasteiger partial charge in [-0.25, -0.2) is 18.4 Å². The van der Waals surface area contributed by atoms with Gasteiger partial charge in [0.25, 0.3) is 3.79 Å². The van der Waals surface area contributed by atoms with Crippen LogP contribution in [0, 0.1) is 29.1 Å². The van der Waals surface area contributed by atoms with E-state index in [4.69, 9.17) is 119 Å². The Morgan fingerprint density at radius 1 is 0.750 bits per heavy atom. The number of rotatable bonds is 9. The van der Waals surface area contributed by atoms with Crippen LogP contribution in [0.15, 0.2) is 36.4 Å². The molecule has 364 valence electrons. The van der Waals surface area contributed by atoms with Crippen LogP contribution in [-0.4, -0.2) is 93.5 Å². The van der Waals surface area contributed by atoms with Crippen molar-refractivity contribution < 1.29 is 78.2 Å².